The van der Waals surface area contributed by atoms with Crippen LogP contribution in [0.25, 0.3) is 0 Å². The molecule has 1 fully saturated rings. The van der Waals surface area contributed by atoms with Crippen LogP contribution in [-0.2, 0) is 6.42 Å². The van der Waals surface area contributed by atoms with E-state index in [1.807, 2.05) is 19.2 Å². The number of nitrogens with one attached hydrogen (secondary N) is 2. The van der Waals surface area contributed by atoms with Crippen molar-refractivity contribution in [2.24, 2.45) is 4.99 Å². The summed E-state index contributed by atoms with van der Waals surface area (Å²) in [6.07, 6.45) is 3.15. The predicted molar refractivity (Wildman–Crippen MR) is 128 cm³/mol. The van der Waals surface area contributed by atoms with Crippen molar-refractivity contribution in [3.05, 3.63) is 33.8 Å². The maximum Gasteiger partial charge on any atom is 0.191 e. The van der Waals surface area contributed by atoms with Gasteiger partial charge < -0.3 is 20.4 Å². The molecule has 1 saturated heterocycles. The molecule has 0 amide bonds. The van der Waals surface area contributed by atoms with Crippen molar-refractivity contribution >= 4 is 53.1 Å². The fourth-order valence-electron chi connectivity index (χ4n) is 3.09. The number of likely N-dealkylation sites (N-methyl/N-ethyl adjacent to an activating group) is 1. The van der Waals surface area contributed by atoms with Crippen LogP contribution in [0.5, 0.6) is 0 Å². The van der Waals surface area contributed by atoms with Crippen LogP contribution < -0.4 is 10.6 Å². The molecule has 2 N–H and O–H groups in total. The third kappa shape index (κ3) is 9.65. The summed E-state index contributed by atoms with van der Waals surface area (Å²) in [4.78, 5) is 9.22. The van der Waals surface area contributed by atoms with Gasteiger partial charge in [-0.2, -0.15) is 0 Å². The van der Waals surface area contributed by atoms with Gasteiger partial charge in [-0.25, -0.2) is 0 Å². The molecule has 8 heteroatoms. The summed E-state index contributed by atoms with van der Waals surface area (Å²) < 4.78 is 0. The van der Waals surface area contributed by atoms with Gasteiger partial charge in [-0.3, -0.25) is 4.99 Å². The summed E-state index contributed by atoms with van der Waals surface area (Å²) in [5.74, 6) is 0.860. The first kappa shape index (κ1) is 24.8. The van der Waals surface area contributed by atoms with Crippen LogP contribution in [0.3, 0.4) is 0 Å². The van der Waals surface area contributed by atoms with Crippen LogP contribution in [0.15, 0.2) is 23.2 Å². The second kappa shape index (κ2) is 13.8. The van der Waals surface area contributed by atoms with Crippen molar-refractivity contribution in [2.45, 2.75) is 19.3 Å². The van der Waals surface area contributed by atoms with E-state index in [0.717, 1.165) is 62.1 Å². The molecule has 1 aliphatic rings. The minimum Gasteiger partial charge on any atom is -0.356 e. The zero-order valence-electron chi connectivity index (χ0n) is 16.3. The molecule has 5 nitrogen and oxygen atoms in total. The molecule has 0 bridgehead atoms. The lowest BCUT2D eigenvalue weighted by atomic mass is 10.1. The molecule has 1 aromatic rings. The topological polar surface area (TPSA) is 42.9 Å². The van der Waals surface area contributed by atoms with Crippen LogP contribution >= 0.6 is 47.2 Å². The first-order chi connectivity index (χ1) is 12.6. The van der Waals surface area contributed by atoms with Gasteiger partial charge in [0.05, 0.1) is 0 Å². The minimum absolute atomic E-state index is 0. The van der Waals surface area contributed by atoms with Gasteiger partial charge in [0.1, 0.15) is 0 Å². The fraction of sp³-hybridized carbons (Fsp3) is 0.632. The molecule has 154 valence electrons. The summed E-state index contributed by atoms with van der Waals surface area (Å²) in [6, 6.07) is 5.68. The Labute approximate surface area is 190 Å². The number of rotatable bonds is 7. The van der Waals surface area contributed by atoms with E-state index >= 15 is 0 Å². The largest absolute Gasteiger partial charge is 0.356 e. The number of benzene rings is 1. The lowest BCUT2D eigenvalue weighted by Crippen LogP contribution is -2.42. The Bertz CT molecular complexity index is 585. The molecule has 1 heterocycles. The van der Waals surface area contributed by atoms with Crippen molar-refractivity contribution in [1.82, 2.24) is 20.4 Å². The number of hydrogen-bond donors (Lipinski definition) is 2. The normalized spacial score (nSPS) is 16.5. The summed E-state index contributed by atoms with van der Waals surface area (Å²) in [7, 11) is 4.01. The van der Waals surface area contributed by atoms with Crippen LogP contribution in [0.4, 0.5) is 0 Å². The lowest BCUT2D eigenvalue weighted by Gasteiger charge is -2.21. The maximum atomic E-state index is 6.21. The van der Waals surface area contributed by atoms with Crippen LogP contribution in [0, 0.1) is 0 Å². The summed E-state index contributed by atoms with van der Waals surface area (Å²) in [5.41, 5.74) is 1.13. The molecular formula is C19H32Cl2IN5. The highest BCUT2D eigenvalue weighted by atomic mass is 127. The Kier molecular flexibility index (Phi) is 12.7. The Morgan fingerprint density at radius 1 is 1.11 bits per heavy atom. The van der Waals surface area contributed by atoms with Gasteiger partial charge in [-0.1, -0.05) is 29.3 Å². The first-order valence-corrected chi connectivity index (χ1v) is 10.1. The molecule has 2 rings (SSSR count). The van der Waals surface area contributed by atoms with E-state index < -0.39 is 0 Å². The molecule has 0 aliphatic carbocycles. The predicted octanol–water partition coefficient (Wildman–Crippen LogP) is 3.35. The van der Waals surface area contributed by atoms with Gasteiger partial charge in [0.15, 0.2) is 5.96 Å². The van der Waals surface area contributed by atoms with E-state index in [0.29, 0.717) is 5.02 Å². The summed E-state index contributed by atoms with van der Waals surface area (Å²) in [6.45, 7) is 7.49. The van der Waals surface area contributed by atoms with E-state index in [1.54, 1.807) is 6.07 Å². The average Bonchev–Trinajstić information content (AvgIpc) is 2.83. The van der Waals surface area contributed by atoms with Crippen molar-refractivity contribution in [2.75, 3.05) is 59.9 Å². The van der Waals surface area contributed by atoms with Crippen LogP contribution in [0.2, 0.25) is 10.0 Å². The third-order valence-corrected chi connectivity index (χ3v) is 5.27. The van der Waals surface area contributed by atoms with Gasteiger partial charge in [-0.05, 0) is 57.1 Å². The Balaban J connectivity index is 0.00000364. The Hall–Kier alpha value is -0.280. The Morgan fingerprint density at radius 3 is 2.63 bits per heavy atom. The molecule has 0 aromatic heterocycles. The molecular weight excluding hydrogens is 496 g/mol. The first-order valence-electron chi connectivity index (χ1n) is 9.38. The highest BCUT2D eigenvalue weighted by Crippen LogP contribution is 2.21. The van der Waals surface area contributed by atoms with Crippen molar-refractivity contribution < 1.29 is 0 Å². The highest BCUT2D eigenvalue weighted by Gasteiger charge is 2.11. The van der Waals surface area contributed by atoms with Gasteiger partial charge >= 0.3 is 0 Å². The third-order valence-electron chi connectivity index (χ3n) is 4.69. The second-order valence-corrected chi connectivity index (χ2v) is 7.61. The summed E-state index contributed by atoms with van der Waals surface area (Å²) >= 11 is 12.1. The minimum atomic E-state index is 0. The van der Waals surface area contributed by atoms with Crippen molar-refractivity contribution in [1.29, 1.82) is 0 Å². The molecule has 1 aromatic carbocycles. The second-order valence-electron chi connectivity index (χ2n) is 6.76. The van der Waals surface area contributed by atoms with Crippen molar-refractivity contribution in [3.8, 4) is 0 Å². The molecule has 0 spiro atoms. The van der Waals surface area contributed by atoms with Gasteiger partial charge in [0, 0.05) is 49.8 Å². The zero-order chi connectivity index (χ0) is 18.8. The SMILES string of the molecule is CN=C(NCCCc1ccc(Cl)cc1Cl)NCCN1CCCN(C)CC1.I. The number of halogens is 3. The van der Waals surface area contributed by atoms with Gasteiger partial charge in [-0.15, -0.1) is 24.0 Å². The van der Waals surface area contributed by atoms with Crippen LogP contribution in [-0.4, -0.2) is 75.7 Å². The van der Waals surface area contributed by atoms with E-state index in [1.165, 1.54) is 19.5 Å². The Morgan fingerprint density at radius 2 is 1.89 bits per heavy atom. The molecule has 0 unspecified atom stereocenters. The lowest BCUT2D eigenvalue weighted by molar-refractivity contribution is 0.280. The quantitative estimate of drug-likeness (QED) is 0.247. The molecule has 0 saturated carbocycles. The van der Waals surface area contributed by atoms with Crippen molar-refractivity contribution in [3.63, 3.8) is 0 Å². The number of aryl methyl sites for hydroxylation is 1. The molecule has 0 atom stereocenters. The van der Waals surface area contributed by atoms with Gasteiger partial charge in [0.2, 0.25) is 0 Å². The zero-order valence-corrected chi connectivity index (χ0v) is 20.2. The molecule has 1 aliphatic heterocycles. The van der Waals surface area contributed by atoms with E-state index in [-0.39, 0.29) is 24.0 Å². The van der Waals surface area contributed by atoms with Crippen LogP contribution in [0.1, 0.15) is 18.4 Å². The standard InChI is InChI=1S/C19H31Cl2N5.HI/c1-22-19(24-9-12-26-11-4-10-25(2)13-14-26)23-8-3-5-16-6-7-17(20)15-18(16)21;/h6-7,15H,3-5,8-14H2,1-2H3,(H2,22,23,24);1H. The van der Waals surface area contributed by atoms with E-state index in [9.17, 15) is 0 Å². The fourth-order valence-corrected chi connectivity index (χ4v) is 3.59. The average molecular weight is 528 g/mol. The van der Waals surface area contributed by atoms with E-state index in [4.69, 9.17) is 23.2 Å². The van der Waals surface area contributed by atoms with Gasteiger partial charge in [0.25, 0.3) is 0 Å². The number of aliphatic imine (C=N–C) groups is 1. The number of nitrogens with zero attached hydrogens (tertiary/aromatic N) is 3. The number of guanidine groups is 1. The monoisotopic (exact) mass is 527 g/mol. The maximum absolute atomic E-state index is 6.21. The van der Waals surface area contributed by atoms with E-state index in [2.05, 4.69) is 32.5 Å². The summed E-state index contributed by atoms with van der Waals surface area (Å²) in [5, 5.41) is 8.19. The number of hydrogen-bond acceptors (Lipinski definition) is 3. The smallest absolute Gasteiger partial charge is 0.191 e. The molecule has 27 heavy (non-hydrogen) atoms. The molecule has 0 radical (unpaired) electrons. The highest BCUT2D eigenvalue weighted by molar-refractivity contribution is 14.0.